The molecule has 0 atom stereocenters. The maximum atomic E-state index is 12.9. The van der Waals surface area contributed by atoms with Gasteiger partial charge in [-0.2, -0.15) is 9.40 Å². The van der Waals surface area contributed by atoms with E-state index < -0.39 is 10.0 Å². The molecule has 4 aromatic rings. The van der Waals surface area contributed by atoms with E-state index in [1.165, 1.54) is 11.3 Å². The Bertz CT molecular complexity index is 1290. The maximum absolute atomic E-state index is 12.9. The standard InChI is InChI=1S/C20H20N6O2S2/c27-30(28,26-10-2-1-3-11-26)19-7-6-18(29-19)16-8-9-21-20(24-16)23-15-5-4-14-13-22-25-17(14)12-15/h4-9,12-13H,1-3,10-11H2,(H,22,25)(H,21,23,24). The topological polar surface area (TPSA) is 104 Å². The zero-order valence-corrected chi connectivity index (χ0v) is 17.7. The van der Waals surface area contributed by atoms with Crippen LogP contribution in [0.4, 0.5) is 11.6 Å². The van der Waals surface area contributed by atoms with Crippen LogP contribution in [0, 0.1) is 0 Å². The van der Waals surface area contributed by atoms with Crippen molar-refractivity contribution in [1.82, 2.24) is 24.5 Å². The minimum atomic E-state index is -3.44. The number of nitrogens with one attached hydrogen (secondary N) is 2. The molecule has 0 unspecified atom stereocenters. The number of hydrogen-bond donors (Lipinski definition) is 2. The first-order valence-electron chi connectivity index (χ1n) is 9.73. The second-order valence-electron chi connectivity index (χ2n) is 7.15. The fourth-order valence-corrected chi connectivity index (χ4v) is 6.48. The third kappa shape index (κ3) is 3.69. The second-order valence-corrected chi connectivity index (χ2v) is 10.4. The average molecular weight is 441 g/mol. The Morgan fingerprint density at radius 2 is 1.93 bits per heavy atom. The van der Waals surface area contributed by atoms with E-state index in [9.17, 15) is 8.42 Å². The number of nitrogens with zero attached hydrogens (tertiary/aromatic N) is 4. The molecule has 3 aromatic heterocycles. The summed E-state index contributed by atoms with van der Waals surface area (Å²) >= 11 is 1.24. The number of hydrogen-bond acceptors (Lipinski definition) is 7. The minimum Gasteiger partial charge on any atom is -0.324 e. The van der Waals surface area contributed by atoms with E-state index in [1.807, 2.05) is 24.3 Å². The van der Waals surface area contributed by atoms with Crippen molar-refractivity contribution < 1.29 is 8.42 Å². The van der Waals surface area contributed by atoms with E-state index >= 15 is 0 Å². The van der Waals surface area contributed by atoms with Crippen molar-refractivity contribution in [2.24, 2.45) is 0 Å². The van der Waals surface area contributed by atoms with Gasteiger partial charge in [0.15, 0.2) is 0 Å². The van der Waals surface area contributed by atoms with E-state index in [2.05, 4.69) is 25.5 Å². The SMILES string of the molecule is O=S(=O)(c1ccc(-c2ccnc(Nc3ccc4cn[nH]c4c3)n2)s1)N1CCCCC1. The number of fused-ring (bicyclic) bond motifs is 1. The summed E-state index contributed by atoms with van der Waals surface area (Å²) in [5.41, 5.74) is 2.44. The maximum Gasteiger partial charge on any atom is 0.252 e. The van der Waals surface area contributed by atoms with Crippen LogP contribution in [0.1, 0.15) is 19.3 Å². The van der Waals surface area contributed by atoms with E-state index in [0.29, 0.717) is 28.9 Å². The summed E-state index contributed by atoms with van der Waals surface area (Å²) in [5, 5.41) is 11.2. The lowest BCUT2D eigenvalue weighted by Crippen LogP contribution is -2.35. The van der Waals surface area contributed by atoms with Gasteiger partial charge in [0.05, 0.1) is 22.3 Å². The van der Waals surface area contributed by atoms with Gasteiger partial charge in [-0.1, -0.05) is 6.42 Å². The lowest BCUT2D eigenvalue weighted by molar-refractivity contribution is 0.347. The Kier molecular flexibility index (Phi) is 4.97. The van der Waals surface area contributed by atoms with Crippen LogP contribution in [0.25, 0.3) is 21.5 Å². The van der Waals surface area contributed by atoms with Crippen molar-refractivity contribution in [1.29, 1.82) is 0 Å². The summed E-state index contributed by atoms with van der Waals surface area (Å²) in [7, 11) is -3.44. The molecule has 1 saturated heterocycles. The number of anilines is 2. The molecule has 154 valence electrons. The van der Waals surface area contributed by atoms with Crippen LogP contribution in [-0.4, -0.2) is 46.0 Å². The molecule has 0 bridgehead atoms. The van der Waals surface area contributed by atoms with E-state index in [0.717, 1.165) is 40.7 Å². The molecular weight excluding hydrogens is 420 g/mol. The number of H-pyrrole nitrogens is 1. The predicted molar refractivity (Wildman–Crippen MR) is 117 cm³/mol. The van der Waals surface area contributed by atoms with E-state index in [-0.39, 0.29) is 0 Å². The smallest absolute Gasteiger partial charge is 0.252 e. The number of rotatable bonds is 5. The second kappa shape index (κ2) is 7.78. The number of benzene rings is 1. The first-order valence-corrected chi connectivity index (χ1v) is 12.0. The third-order valence-electron chi connectivity index (χ3n) is 5.10. The zero-order valence-electron chi connectivity index (χ0n) is 16.1. The van der Waals surface area contributed by atoms with Crippen molar-refractivity contribution in [3.05, 3.63) is 48.8 Å². The summed E-state index contributed by atoms with van der Waals surface area (Å²) in [6.45, 7) is 1.19. The van der Waals surface area contributed by atoms with Gasteiger partial charge in [-0.15, -0.1) is 11.3 Å². The molecule has 1 aliphatic rings. The Morgan fingerprint density at radius 1 is 1.07 bits per heavy atom. The van der Waals surface area contributed by atoms with Crippen LogP contribution in [0.5, 0.6) is 0 Å². The van der Waals surface area contributed by atoms with Gasteiger partial charge < -0.3 is 5.32 Å². The predicted octanol–water partition coefficient (Wildman–Crippen LogP) is 4.00. The largest absolute Gasteiger partial charge is 0.324 e. The molecule has 2 N–H and O–H groups in total. The highest BCUT2D eigenvalue weighted by Crippen LogP contribution is 2.32. The Morgan fingerprint density at radius 3 is 2.80 bits per heavy atom. The third-order valence-corrected chi connectivity index (χ3v) is 8.57. The molecule has 0 aliphatic carbocycles. The van der Waals surface area contributed by atoms with Gasteiger partial charge >= 0.3 is 0 Å². The summed E-state index contributed by atoms with van der Waals surface area (Å²) in [5.74, 6) is 0.445. The number of aromatic amines is 1. The summed E-state index contributed by atoms with van der Waals surface area (Å²) < 4.78 is 27.8. The molecule has 1 fully saturated rings. The molecule has 5 rings (SSSR count). The lowest BCUT2D eigenvalue weighted by Gasteiger charge is -2.25. The van der Waals surface area contributed by atoms with Gasteiger partial charge in [0.2, 0.25) is 5.95 Å². The molecule has 0 spiro atoms. The molecule has 4 heterocycles. The molecule has 8 nitrogen and oxygen atoms in total. The van der Waals surface area contributed by atoms with Gasteiger partial charge in [-0.25, -0.2) is 18.4 Å². The van der Waals surface area contributed by atoms with Crippen molar-refractivity contribution in [2.75, 3.05) is 18.4 Å². The van der Waals surface area contributed by atoms with Gasteiger partial charge in [0.25, 0.3) is 10.0 Å². The highest BCUT2D eigenvalue weighted by Gasteiger charge is 2.27. The molecule has 0 saturated carbocycles. The van der Waals surface area contributed by atoms with Crippen LogP contribution in [0.15, 0.2) is 53.0 Å². The summed E-state index contributed by atoms with van der Waals surface area (Å²) in [4.78, 5) is 9.65. The number of piperidine rings is 1. The fraction of sp³-hybridized carbons (Fsp3) is 0.250. The normalized spacial score (nSPS) is 15.5. The van der Waals surface area contributed by atoms with Gasteiger partial charge in [-0.05, 0) is 49.2 Å². The van der Waals surface area contributed by atoms with Crippen molar-refractivity contribution in [3.8, 4) is 10.6 Å². The van der Waals surface area contributed by atoms with Crippen molar-refractivity contribution >= 4 is 43.9 Å². The molecule has 0 amide bonds. The number of thiophene rings is 1. The van der Waals surface area contributed by atoms with Gasteiger partial charge in [-0.3, -0.25) is 5.10 Å². The van der Waals surface area contributed by atoms with Crippen LogP contribution in [0.2, 0.25) is 0 Å². The van der Waals surface area contributed by atoms with Gasteiger partial charge in [0, 0.05) is 30.4 Å². The Labute approximate surface area is 178 Å². The Hall–Kier alpha value is -2.82. The number of aromatic nitrogens is 4. The number of sulfonamides is 1. The van der Waals surface area contributed by atoms with Crippen LogP contribution < -0.4 is 5.32 Å². The molecule has 10 heteroatoms. The molecule has 0 radical (unpaired) electrons. The zero-order chi connectivity index (χ0) is 20.6. The molecule has 1 aromatic carbocycles. The Balaban J connectivity index is 1.39. The fourth-order valence-electron chi connectivity index (χ4n) is 3.53. The van der Waals surface area contributed by atoms with E-state index in [4.69, 9.17) is 0 Å². The monoisotopic (exact) mass is 440 g/mol. The summed E-state index contributed by atoms with van der Waals surface area (Å²) in [6.07, 6.45) is 6.36. The van der Waals surface area contributed by atoms with Crippen LogP contribution >= 0.6 is 11.3 Å². The van der Waals surface area contributed by atoms with Crippen LogP contribution in [0.3, 0.4) is 0 Å². The van der Waals surface area contributed by atoms with E-state index in [1.54, 1.807) is 28.8 Å². The lowest BCUT2D eigenvalue weighted by atomic mass is 10.2. The molecule has 1 aliphatic heterocycles. The highest BCUT2D eigenvalue weighted by atomic mass is 32.2. The first-order chi connectivity index (χ1) is 14.6. The minimum absolute atomic E-state index is 0.359. The quantitative estimate of drug-likeness (QED) is 0.486. The van der Waals surface area contributed by atoms with Crippen molar-refractivity contribution in [2.45, 2.75) is 23.5 Å². The highest BCUT2D eigenvalue weighted by molar-refractivity contribution is 7.91. The molecule has 30 heavy (non-hydrogen) atoms. The molecular formula is C20H20N6O2S2. The summed E-state index contributed by atoms with van der Waals surface area (Å²) in [6, 6.07) is 11.1. The first kappa shape index (κ1) is 19.2. The van der Waals surface area contributed by atoms with Crippen LogP contribution in [-0.2, 0) is 10.0 Å². The average Bonchev–Trinajstić information content (AvgIpc) is 3.44. The van der Waals surface area contributed by atoms with Crippen molar-refractivity contribution in [3.63, 3.8) is 0 Å². The van der Waals surface area contributed by atoms with Gasteiger partial charge in [0.1, 0.15) is 4.21 Å².